The van der Waals surface area contributed by atoms with Gasteiger partial charge in [0.25, 0.3) is 0 Å². The summed E-state index contributed by atoms with van der Waals surface area (Å²) in [6.45, 7) is 5.12. The van der Waals surface area contributed by atoms with Crippen LogP contribution < -0.4 is 4.74 Å². The molecule has 2 aromatic carbocycles. The summed E-state index contributed by atoms with van der Waals surface area (Å²) >= 11 is 0. The van der Waals surface area contributed by atoms with E-state index in [0.29, 0.717) is 0 Å². The van der Waals surface area contributed by atoms with Crippen molar-refractivity contribution in [2.75, 3.05) is 6.61 Å². The van der Waals surface area contributed by atoms with Crippen LogP contribution >= 0.6 is 0 Å². The standard InChI is InChI=1S/C27H32O/c1-3-5-6-9-12-24-15-17-25(18-16-24)13-10-7-8-11-14-26-19-21-27(22-20-26)28-23-4-2/h10-11,13-22H,3-6,9,12,23H2,1-2H3/b13-10+,14-11+. The van der Waals surface area contributed by atoms with E-state index in [9.17, 15) is 0 Å². The molecule has 28 heavy (non-hydrogen) atoms. The lowest BCUT2D eigenvalue weighted by Crippen LogP contribution is -1.94. The summed E-state index contributed by atoms with van der Waals surface area (Å²) in [5.41, 5.74) is 3.74. The summed E-state index contributed by atoms with van der Waals surface area (Å²) in [7, 11) is 0. The number of hydrogen-bond donors (Lipinski definition) is 0. The summed E-state index contributed by atoms with van der Waals surface area (Å²) in [5.74, 6) is 7.04. The number of aryl methyl sites for hydroxylation is 1. The highest BCUT2D eigenvalue weighted by Gasteiger charge is 1.94. The van der Waals surface area contributed by atoms with Crippen molar-refractivity contribution in [1.29, 1.82) is 0 Å². The maximum Gasteiger partial charge on any atom is 0.119 e. The molecule has 146 valence electrons. The highest BCUT2D eigenvalue weighted by atomic mass is 16.5. The fraction of sp³-hybridized carbons (Fsp3) is 0.333. The molecule has 0 aliphatic carbocycles. The minimum Gasteiger partial charge on any atom is -0.494 e. The highest BCUT2D eigenvalue weighted by Crippen LogP contribution is 2.13. The molecule has 0 saturated heterocycles. The van der Waals surface area contributed by atoms with Crippen LogP contribution in [-0.2, 0) is 6.42 Å². The summed E-state index contributed by atoms with van der Waals surface area (Å²) < 4.78 is 5.58. The van der Waals surface area contributed by atoms with E-state index in [0.717, 1.165) is 24.3 Å². The number of rotatable bonds is 10. The third-order valence-corrected chi connectivity index (χ3v) is 4.45. The molecule has 2 aromatic rings. The molecule has 0 bridgehead atoms. The Morgan fingerprint density at radius 3 is 1.89 bits per heavy atom. The van der Waals surface area contributed by atoms with Gasteiger partial charge in [-0.25, -0.2) is 0 Å². The molecule has 1 nitrogen and oxygen atoms in total. The van der Waals surface area contributed by atoms with Gasteiger partial charge in [0.15, 0.2) is 0 Å². The molecular formula is C27H32O. The van der Waals surface area contributed by atoms with Crippen LogP contribution in [0.1, 0.15) is 62.6 Å². The van der Waals surface area contributed by atoms with E-state index in [4.69, 9.17) is 4.74 Å². The topological polar surface area (TPSA) is 9.23 Å². The number of hydrogen-bond acceptors (Lipinski definition) is 1. The molecule has 0 N–H and O–H groups in total. The average molecular weight is 373 g/mol. The van der Waals surface area contributed by atoms with Crippen LogP contribution in [0.25, 0.3) is 12.2 Å². The number of allylic oxidation sites excluding steroid dienone is 2. The summed E-state index contributed by atoms with van der Waals surface area (Å²) in [5, 5.41) is 0. The van der Waals surface area contributed by atoms with Gasteiger partial charge < -0.3 is 4.74 Å². The largest absolute Gasteiger partial charge is 0.494 e. The number of benzene rings is 2. The van der Waals surface area contributed by atoms with E-state index in [1.165, 1.54) is 43.2 Å². The molecule has 0 aliphatic rings. The lowest BCUT2D eigenvalue weighted by atomic mass is 10.0. The molecule has 0 radical (unpaired) electrons. The summed E-state index contributed by atoms with van der Waals surface area (Å²) in [6, 6.07) is 16.9. The SMILES string of the molecule is CCCCCCc1ccc(/C=C/C#C/C=C/c2ccc(OCCC)cc2)cc1. The molecule has 0 spiro atoms. The predicted molar refractivity (Wildman–Crippen MR) is 122 cm³/mol. The maximum atomic E-state index is 5.58. The molecule has 2 rings (SSSR count). The van der Waals surface area contributed by atoms with Crippen LogP contribution in [0, 0.1) is 11.8 Å². The smallest absolute Gasteiger partial charge is 0.119 e. The molecular weight excluding hydrogens is 340 g/mol. The minimum absolute atomic E-state index is 0.759. The Morgan fingerprint density at radius 2 is 1.32 bits per heavy atom. The van der Waals surface area contributed by atoms with Crippen LogP contribution in [-0.4, -0.2) is 6.61 Å². The Bertz CT molecular complexity index is 783. The Morgan fingerprint density at radius 1 is 0.714 bits per heavy atom. The van der Waals surface area contributed by atoms with Gasteiger partial charge in [-0.2, -0.15) is 0 Å². The molecule has 0 fully saturated rings. The Kier molecular flexibility index (Phi) is 10.4. The van der Waals surface area contributed by atoms with Gasteiger partial charge in [-0.1, -0.05) is 81.3 Å². The first-order chi connectivity index (χ1) is 13.8. The normalized spacial score (nSPS) is 10.9. The molecule has 0 aliphatic heterocycles. The van der Waals surface area contributed by atoms with Crippen LogP contribution in [0.2, 0.25) is 0 Å². The second-order valence-electron chi connectivity index (χ2n) is 6.93. The molecule has 0 saturated carbocycles. The van der Waals surface area contributed by atoms with Crippen molar-refractivity contribution in [3.05, 3.63) is 77.4 Å². The lowest BCUT2D eigenvalue weighted by Gasteiger charge is -2.03. The van der Waals surface area contributed by atoms with Gasteiger partial charge in [-0.15, -0.1) is 0 Å². The van der Waals surface area contributed by atoms with Crippen molar-refractivity contribution >= 4 is 12.2 Å². The van der Waals surface area contributed by atoms with Gasteiger partial charge >= 0.3 is 0 Å². The number of ether oxygens (including phenoxy) is 1. The second-order valence-corrected chi connectivity index (χ2v) is 6.93. The molecule has 0 atom stereocenters. The zero-order chi connectivity index (χ0) is 19.9. The van der Waals surface area contributed by atoms with Crippen LogP contribution in [0.5, 0.6) is 5.75 Å². The third kappa shape index (κ3) is 8.78. The summed E-state index contributed by atoms with van der Waals surface area (Å²) in [4.78, 5) is 0. The van der Waals surface area contributed by atoms with Gasteiger partial charge in [-0.05, 0) is 72.4 Å². The lowest BCUT2D eigenvalue weighted by molar-refractivity contribution is 0.317. The van der Waals surface area contributed by atoms with Crippen LogP contribution in [0.4, 0.5) is 0 Å². The first-order valence-corrected chi connectivity index (χ1v) is 10.5. The van der Waals surface area contributed by atoms with E-state index in [-0.39, 0.29) is 0 Å². The zero-order valence-corrected chi connectivity index (χ0v) is 17.3. The first-order valence-electron chi connectivity index (χ1n) is 10.5. The zero-order valence-electron chi connectivity index (χ0n) is 17.3. The van der Waals surface area contributed by atoms with Gasteiger partial charge in [0.05, 0.1) is 6.61 Å². The third-order valence-electron chi connectivity index (χ3n) is 4.45. The van der Waals surface area contributed by atoms with Crippen molar-refractivity contribution in [3.63, 3.8) is 0 Å². The average Bonchev–Trinajstić information content (AvgIpc) is 2.74. The second kappa shape index (κ2) is 13.4. The van der Waals surface area contributed by atoms with Crippen molar-refractivity contribution in [2.24, 2.45) is 0 Å². The molecule has 0 heterocycles. The van der Waals surface area contributed by atoms with Gasteiger partial charge in [-0.3, -0.25) is 0 Å². The Balaban J connectivity index is 1.77. The molecule has 0 amide bonds. The van der Waals surface area contributed by atoms with Crippen LogP contribution in [0.15, 0.2) is 60.7 Å². The Hall–Kier alpha value is -2.72. The van der Waals surface area contributed by atoms with Crippen molar-refractivity contribution in [1.82, 2.24) is 0 Å². The molecule has 1 heteroatoms. The van der Waals surface area contributed by atoms with Crippen molar-refractivity contribution < 1.29 is 4.74 Å². The maximum absolute atomic E-state index is 5.58. The fourth-order valence-corrected chi connectivity index (χ4v) is 2.82. The van der Waals surface area contributed by atoms with E-state index in [1.807, 2.05) is 42.5 Å². The number of unbranched alkanes of at least 4 members (excludes halogenated alkanes) is 3. The van der Waals surface area contributed by atoms with E-state index >= 15 is 0 Å². The van der Waals surface area contributed by atoms with E-state index in [1.54, 1.807) is 0 Å². The molecule has 0 aromatic heterocycles. The van der Waals surface area contributed by atoms with Crippen molar-refractivity contribution in [2.45, 2.75) is 52.4 Å². The monoisotopic (exact) mass is 372 g/mol. The fourth-order valence-electron chi connectivity index (χ4n) is 2.82. The minimum atomic E-state index is 0.759. The summed E-state index contributed by atoms with van der Waals surface area (Å²) in [6.07, 6.45) is 15.3. The van der Waals surface area contributed by atoms with E-state index < -0.39 is 0 Å². The Labute approximate surface area is 171 Å². The van der Waals surface area contributed by atoms with E-state index in [2.05, 4.69) is 56.0 Å². The van der Waals surface area contributed by atoms with Gasteiger partial charge in [0.2, 0.25) is 0 Å². The van der Waals surface area contributed by atoms with Crippen LogP contribution in [0.3, 0.4) is 0 Å². The van der Waals surface area contributed by atoms with Gasteiger partial charge in [0.1, 0.15) is 5.75 Å². The predicted octanol–water partition coefficient (Wildman–Crippen LogP) is 7.33. The van der Waals surface area contributed by atoms with Crippen molar-refractivity contribution in [3.8, 4) is 17.6 Å². The van der Waals surface area contributed by atoms with Gasteiger partial charge in [0, 0.05) is 0 Å². The first kappa shape index (κ1) is 21.6. The highest BCUT2D eigenvalue weighted by molar-refractivity contribution is 5.56. The molecule has 0 unspecified atom stereocenters. The quantitative estimate of drug-likeness (QED) is 0.313.